The molecular formula is C21H18N2O2. The smallest absolute Gasteiger partial charge is 0.239 e. The van der Waals surface area contributed by atoms with E-state index in [0.717, 1.165) is 16.5 Å². The van der Waals surface area contributed by atoms with Crippen LogP contribution in [-0.2, 0) is 9.59 Å². The Morgan fingerprint density at radius 2 is 1.68 bits per heavy atom. The molecule has 1 aliphatic heterocycles. The summed E-state index contributed by atoms with van der Waals surface area (Å²) >= 11 is 0. The van der Waals surface area contributed by atoms with Gasteiger partial charge in [0.2, 0.25) is 11.8 Å². The molecule has 2 amide bonds. The van der Waals surface area contributed by atoms with Crippen molar-refractivity contribution in [2.75, 3.05) is 4.90 Å². The third-order valence-electron chi connectivity index (χ3n) is 4.92. The fourth-order valence-electron chi connectivity index (χ4n) is 3.46. The Balaban J connectivity index is 1.66. The summed E-state index contributed by atoms with van der Waals surface area (Å²) < 4.78 is 0. The first-order valence-corrected chi connectivity index (χ1v) is 8.42. The molecule has 25 heavy (non-hydrogen) atoms. The Morgan fingerprint density at radius 1 is 0.960 bits per heavy atom. The van der Waals surface area contributed by atoms with Gasteiger partial charge in [-0.25, -0.2) is 9.88 Å². The number of aromatic nitrogens is 1. The van der Waals surface area contributed by atoms with Gasteiger partial charge in [0.1, 0.15) is 5.82 Å². The molecule has 124 valence electrons. The van der Waals surface area contributed by atoms with Crippen LogP contribution in [0.3, 0.4) is 0 Å². The lowest BCUT2D eigenvalue weighted by Gasteiger charge is -2.19. The summed E-state index contributed by atoms with van der Waals surface area (Å²) in [6.07, 6.45) is 0.226. The van der Waals surface area contributed by atoms with Crippen molar-refractivity contribution in [2.45, 2.75) is 19.3 Å². The molecule has 0 radical (unpaired) electrons. The van der Waals surface area contributed by atoms with E-state index in [1.807, 2.05) is 67.6 Å². The van der Waals surface area contributed by atoms with Crippen molar-refractivity contribution < 1.29 is 9.59 Å². The average molecular weight is 330 g/mol. The normalized spacial score (nSPS) is 18.8. The number of carbonyl (C=O) groups excluding carboxylic acids is 2. The largest absolute Gasteiger partial charge is 0.274 e. The highest BCUT2D eigenvalue weighted by atomic mass is 16.2. The molecule has 1 aromatic heterocycles. The van der Waals surface area contributed by atoms with Crippen LogP contribution in [0.15, 0.2) is 66.7 Å². The van der Waals surface area contributed by atoms with Crippen LogP contribution in [0, 0.1) is 5.92 Å². The Hall–Kier alpha value is -3.01. The molecule has 0 spiro atoms. The number of carbonyl (C=O) groups is 2. The van der Waals surface area contributed by atoms with Crippen molar-refractivity contribution in [1.82, 2.24) is 4.98 Å². The van der Waals surface area contributed by atoms with Crippen LogP contribution in [0.4, 0.5) is 5.82 Å². The van der Waals surface area contributed by atoms with Gasteiger partial charge in [-0.3, -0.25) is 9.59 Å². The minimum absolute atomic E-state index is 0.0110. The third kappa shape index (κ3) is 2.70. The average Bonchev–Trinajstić information content (AvgIpc) is 2.95. The van der Waals surface area contributed by atoms with E-state index in [0.29, 0.717) is 5.82 Å². The number of anilines is 1. The van der Waals surface area contributed by atoms with Gasteiger partial charge in [-0.1, -0.05) is 55.5 Å². The van der Waals surface area contributed by atoms with E-state index in [9.17, 15) is 9.59 Å². The van der Waals surface area contributed by atoms with Gasteiger partial charge in [-0.2, -0.15) is 0 Å². The van der Waals surface area contributed by atoms with Crippen LogP contribution in [-0.4, -0.2) is 16.8 Å². The van der Waals surface area contributed by atoms with Crippen molar-refractivity contribution in [1.29, 1.82) is 0 Å². The summed E-state index contributed by atoms with van der Waals surface area (Å²) in [5, 5.41) is 0.986. The second-order valence-corrected chi connectivity index (χ2v) is 6.44. The number of rotatable bonds is 3. The molecule has 2 heterocycles. The van der Waals surface area contributed by atoms with E-state index < -0.39 is 0 Å². The predicted octanol–water partition coefficient (Wildman–Crippen LogP) is 3.92. The van der Waals surface area contributed by atoms with Crippen molar-refractivity contribution in [2.24, 2.45) is 5.92 Å². The van der Waals surface area contributed by atoms with Crippen LogP contribution < -0.4 is 4.90 Å². The van der Waals surface area contributed by atoms with Crippen molar-refractivity contribution >= 4 is 28.5 Å². The SMILES string of the molecule is C[C@H](c1ccccc1)[C@@H]1CC(=O)N(c2ccc3ccccc3n2)C1=O. The Labute approximate surface area is 146 Å². The molecule has 4 heteroatoms. The summed E-state index contributed by atoms with van der Waals surface area (Å²) in [6, 6.07) is 21.2. The van der Waals surface area contributed by atoms with E-state index in [-0.39, 0.29) is 30.1 Å². The maximum Gasteiger partial charge on any atom is 0.239 e. The van der Waals surface area contributed by atoms with Gasteiger partial charge in [-0.15, -0.1) is 0 Å². The molecule has 0 saturated carbocycles. The van der Waals surface area contributed by atoms with Crippen LogP contribution in [0.5, 0.6) is 0 Å². The minimum atomic E-state index is -0.344. The number of nitrogens with zero attached hydrogens (tertiary/aromatic N) is 2. The highest BCUT2D eigenvalue weighted by Gasteiger charge is 2.43. The molecule has 2 atom stereocenters. The topological polar surface area (TPSA) is 50.3 Å². The molecule has 0 aliphatic carbocycles. The molecule has 0 unspecified atom stereocenters. The monoisotopic (exact) mass is 330 g/mol. The zero-order valence-electron chi connectivity index (χ0n) is 13.9. The zero-order valence-corrected chi connectivity index (χ0v) is 13.9. The summed E-state index contributed by atoms with van der Waals surface area (Å²) in [5.41, 5.74) is 1.85. The Morgan fingerprint density at radius 3 is 2.48 bits per heavy atom. The van der Waals surface area contributed by atoms with Crippen molar-refractivity contribution in [3.63, 3.8) is 0 Å². The van der Waals surface area contributed by atoms with Gasteiger partial charge >= 0.3 is 0 Å². The molecule has 0 N–H and O–H groups in total. The molecule has 1 aliphatic rings. The number of imide groups is 1. The quantitative estimate of drug-likeness (QED) is 0.684. The number of hydrogen-bond donors (Lipinski definition) is 0. The van der Waals surface area contributed by atoms with Crippen LogP contribution in [0.1, 0.15) is 24.8 Å². The standard InChI is InChI=1S/C21H18N2O2/c1-14(15-7-3-2-4-8-15)17-13-20(24)23(21(17)25)19-12-11-16-9-5-6-10-18(16)22-19/h2-12,14,17H,13H2,1H3/t14-,17+/m1/s1. The third-order valence-corrected chi connectivity index (χ3v) is 4.92. The van der Waals surface area contributed by atoms with Crippen molar-refractivity contribution in [3.05, 3.63) is 72.3 Å². The van der Waals surface area contributed by atoms with Gasteiger partial charge in [-0.05, 0) is 29.7 Å². The van der Waals surface area contributed by atoms with Gasteiger partial charge in [0.25, 0.3) is 0 Å². The molecule has 1 saturated heterocycles. The number of fused-ring (bicyclic) bond motifs is 1. The first-order valence-electron chi connectivity index (χ1n) is 8.42. The van der Waals surface area contributed by atoms with Crippen LogP contribution in [0.2, 0.25) is 0 Å². The lowest BCUT2D eigenvalue weighted by atomic mass is 9.86. The summed E-state index contributed by atoms with van der Waals surface area (Å²) in [7, 11) is 0. The summed E-state index contributed by atoms with van der Waals surface area (Å²) in [6.45, 7) is 2.00. The first kappa shape index (κ1) is 15.5. The number of benzene rings is 2. The van der Waals surface area contributed by atoms with Gasteiger partial charge < -0.3 is 0 Å². The molecule has 4 nitrogen and oxygen atoms in total. The maximum atomic E-state index is 12.9. The Kier molecular flexibility index (Phi) is 3.80. The highest BCUT2D eigenvalue weighted by molar-refractivity contribution is 6.20. The second-order valence-electron chi connectivity index (χ2n) is 6.44. The number of amides is 2. The molecule has 3 aromatic rings. The molecule has 4 rings (SSSR count). The van der Waals surface area contributed by atoms with Gasteiger partial charge in [0.05, 0.1) is 11.4 Å². The van der Waals surface area contributed by atoms with E-state index in [1.165, 1.54) is 4.90 Å². The van der Waals surface area contributed by atoms with E-state index in [4.69, 9.17) is 0 Å². The first-order chi connectivity index (χ1) is 12.1. The minimum Gasteiger partial charge on any atom is -0.274 e. The number of para-hydroxylation sites is 1. The maximum absolute atomic E-state index is 12.9. The van der Waals surface area contributed by atoms with Gasteiger partial charge in [0, 0.05) is 11.8 Å². The second kappa shape index (κ2) is 6.13. The molecule has 2 aromatic carbocycles. The fourth-order valence-corrected chi connectivity index (χ4v) is 3.46. The lowest BCUT2D eigenvalue weighted by Crippen LogP contribution is -2.32. The fraction of sp³-hybridized carbons (Fsp3) is 0.190. The molecule has 1 fully saturated rings. The van der Waals surface area contributed by atoms with E-state index in [1.54, 1.807) is 6.07 Å². The molecule has 0 bridgehead atoms. The summed E-state index contributed by atoms with van der Waals surface area (Å²) in [4.78, 5) is 31.2. The molecular weight excluding hydrogens is 312 g/mol. The number of hydrogen-bond acceptors (Lipinski definition) is 3. The lowest BCUT2D eigenvalue weighted by molar-refractivity contribution is -0.122. The predicted molar refractivity (Wildman–Crippen MR) is 97.2 cm³/mol. The summed E-state index contributed by atoms with van der Waals surface area (Å²) in [5.74, 6) is -0.285. The van der Waals surface area contributed by atoms with Gasteiger partial charge in [0.15, 0.2) is 0 Å². The Bertz CT molecular complexity index is 952. The van der Waals surface area contributed by atoms with Crippen LogP contribution >= 0.6 is 0 Å². The van der Waals surface area contributed by atoms with E-state index in [2.05, 4.69) is 4.98 Å². The van der Waals surface area contributed by atoms with Crippen molar-refractivity contribution in [3.8, 4) is 0 Å². The van der Waals surface area contributed by atoms with Crippen LogP contribution in [0.25, 0.3) is 10.9 Å². The zero-order chi connectivity index (χ0) is 17.4. The highest BCUT2D eigenvalue weighted by Crippen LogP contribution is 2.35. The number of pyridine rings is 1. The van der Waals surface area contributed by atoms with E-state index >= 15 is 0 Å².